The Morgan fingerprint density at radius 2 is 1.90 bits per heavy atom. The third-order valence-electron chi connectivity index (χ3n) is 5.09. The molecule has 1 heterocycles. The van der Waals surface area contributed by atoms with Crippen molar-refractivity contribution >= 4 is 43.4 Å². The van der Waals surface area contributed by atoms with E-state index in [9.17, 15) is 13.5 Å². The number of rotatable bonds is 8. The predicted octanol–water partition coefficient (Wildman–Crippen LogP) is 3.37. The van der Waals surface area contributed by atoms with Crippen LogP contribution >= 0.6 is 15.9 Å². The van der Waals surface area contributed by atoms with Crippen LogP contribution in [-0.2, 0) is 10.0 Å². The molecule has 29 heavy (non-hydrogen) atoms. The first-order valence-electron chi connectivity index (χ1n) is 9.65. The molecule has 0 unspecified atom stereocenters. The van der Waals surface area contributed by atoms with Gasteiger partial charge in [0.25, 0.3) is 0 Å². The lowest BCUT2D eigenvalue weighted by Crippen LogP contribution is -2.28. The lowest BCUT2D eigenvalue weighted by molar-refractivity contribution is 0.236. The van der Waals surface area contributed by atoms with E-state index in [1.807, 2.05) is 0 Å². The van der Waals surface area contributed by atoms with Crippen LogP contribution < -0.4 is 15.8 Å². The summed E-state index contributed by atoms with van der Waals surface area (Å²) in [5.74, 6) is 1.58. The highest BCUT2D eigenvalue weighted by atomic mass is 79.9. The Morgan fingerprint density at radius 1 is 1.21 bits per heavy atom. The minimum absolute atomic E-state index is 0.0325. The Labute approximate surface area is 179 Å². The van der Waals surface area contributed by atoms with E-state index in [0.29, 0.717) is 27.8 Å². The highest BCUT2D eigenvalue weighted by Crippen LogP contribution is 2.29. The first-order valence-corrected chi connectivity index (χ1v) is 12.0. The minimum Gasteiger partial charge on any atom is -0.394 e. The fraction of sp³-hybridized carbons (Fsp3) is 0.474. The van der Waals surface area contributed by atoms with Crippen LogP contribution in [0.3, 0.4) is 0 Å². The molecule has 1 saturated carbocycles. The van der Waals surface area contributed by atoms with E-state index < -0.39 is 10.0 Å². The quantitative estimate of drug-likeness (QED) is 0.452. The van der Waals surface area contributed by atoms with Crippen LogP contribution in [0.15, 0.2) is 39.8 Å². The summed E-state index contributed by atoms with van der Waals surface area (Å²) >= 11 is 3.45. The largest absolute Gasteiger partial charge is 0.394 e. The molecule has 0 radical (unpaired) electrons. The fourth-order valence-corrected chi connectivity index (χ4v) is 4.40. The topological polar surface area (TPSA) is 130 Å². The highest BCUT2D eigenvalue weighted by Gasteiger charge is 2.20. The van der Waals surface area contributed by atoms with E-state index in [4.69, 9.17) is 5.14 Å². The molecule has 5 N–H and O–H groups in total. The van der Waals surface area contributed by atoms with Crippen molar-refractivity contribution in [3.63, 3.8) is 0 Å². The zero-order valence-electron chi connectivity index (χ0n) is 16.0. The average molecular weight is 484 g/mol. The van der Waals surface area contributed by atoms with Gasteiger partial charge in [0.2, 0.25) is 16.0 Å². The van der Waals surface area contributed by atoms with Crippen molar-refractivity contribution in [2.75, 3.05) is 17.2 Å². The van der Waals surface area contributed by atoms with Crippen molar-refractivity contribution in [3.05, 3.63) is 34.9 Å². The van der Waals surface area contributed by atoms with Gasteiger partial charge in [-0.3, -0.25) is 0 Å². The Bertz CT molecular complexity index is 918. The van der Waals surface area contributed by atoms with Crippen molar-refractivity contribution in [3.8, 4) is 0 Å². The number of nitrogens with one attached hydrogen (secondary N) is 2. The van der Waals surface area contributed by atoms with Gasteiger partial charge in [-0.15, -0.1) is 0 Å². The van der Waals surface area contributed by atoms with Crippen molar-refractivity contribution in [1.82, 2.24) is 9.97 Å². The number of aliphatic hydroxyl groups excluding tert-OH is 1. The summed E-state index contributed by atoms with van der Waals surface area (Å²) in [6.45, 7) is 0.0325. The van der Waals surface area contributed by atoms with Crippen LogP contribution in [0.2, 0.25) is 0 Å². The first-order chi connectivity index (χ1) is 13.8. The van der Waals surface area contributed by atoms with Crippen LogP contribution in [-0.4, -0.2) is 36.1 Å². The second kappa shape index (κ2) is 9.84. The van der Waals surface area contributed by atoms with E-state index in [2.05, 4.69) is 36.5 Å². The van der Waals surface area contributed by atoms with Crippen LogP contribution in [0.1, 0.15) is 38.5 Å². The van der Waals surface area contributed by atoms with Gasteiger partial charge in [0.15, 0.2) is 0 Å². The summed E-state index contributed by atoms with van der Waals surface area (Å²) in [5, 5.41) is 21.3. The molecular weight excluding hydrogens is 458 g/mol. The molecule has 1 aliphatic rings. The van der Waals surface area contributed by atoms with Gasteiger partial charge in [0.05, 0.1) is 22.0 Å². The second-order valence-electron chi connectivity index (χ2n) is 7.35. The highest BCUT2D eigenvalue weighted by molar-refractivity contribution is 9.10. The number of aromatic nitrogens is 2. The molecule has 0 saturated heterocycles. The SMILES string of the molecule is NS(=O)(=O)c1ccc(Nc2ncc(Br)c(N[C@@H](CO)CC3CCCCC3)n2)cc1. The van der Waals surface area contributed by atoms with E-state index >= 15 is 0 Å². The molecular formula is C19H26BrN5O3S. The van der Waals surface area contributed by atoms with Crippen LogP contribution in [0.5, 0.6) is 0 Å². The molecule has 1 aliphatic carbocycles. The Balaban J connectivity index is 1.68. The number of nitrogens with two attached hydrogens (primary N) is 1. The molecule has 0 spiro atoms. The summed E-state index contributed by atoms with van der Waals surface area (Å²) in [7, 11) is -3.73. The van der Waals surface area contributed by atoms with Gasteiger partial charge >= 0.3 is 0 Å². The number of benzene rings is 1. The van der Waals surface area contributed by atoms with Gasteiger partial charge in [-0.1, -0.05) is 32.1 Å². The van der Waals surface area contributed by atoms with Crippen molar-refractivity contribution in [2.24, 2.45) is 11.1 Å². The lowest BCUT2D eigenvalue weighted by Gasteiger charge is -2.26. The van der Waals surface area contributed by atoms with Gasteiger partial charge in [-0.2, -0.15) is 4.98 Å². The summed E-state index contributed by atoms with van der Waals surface area (Å²) in [5.41, 5.74) is 0.631. The summed E-state index contributed by atoms with van der Waals surface area (Å²) in [6.07, 6.45) is 8.79. The molecule has 1 atom stereocenters. The fourth-order valence-electron chi connectivity index (χ4n) is 3.58. The van der Waals surface area contributed by atoms with Gasteiger partial charge in [-0.25, -0.2) is 18.5 Å². The van der Waals surface area contributed by atoms with Crippen LogP contribution in [0.25, 0.3) is 0 Å². The number of hydrogen-bond acceptors (Lipinski definition) is 7. The minimum atomic E-state index is -3.73. The van der Waals surface area contributed by atoms with Crippen molar-refractivity contribution in [1.29, 1.82) is 0 Å². The standard InChI is InChI=1S/C19H26BrN5O3S/c20-17-11-22-19(24-14-6-8-16(9-7-14)29(21,27)28)25-18(17)23-15(12-26)10-13-4-2-1-3-5-13/h6-9,11,13,15,26H,1-5,10,12H2,(H2,21,27,28)(H2,22,23,24,25)/t15-/m1/s1. The molecule has 158 valence electrons. The monoisotopic (exact) mass is 483 g/mol. The molecule has 0 aliphatic heterocycles. The third kappa shape index (κ3) is 6.36. The van der Waals surface area contributed by atoms with E-state index in [1.54, 1.807) is 18.3 Å². The average Bonchev–Trinajstić information content (AvgIpc) is 2.70. The Kier molecular flexibility index (Phi) is 7.44. The molecule has 1 aromatic heterocycles. The maximum absolute atomic E-state index is 11.4. The summed E-state index contributed by atoms with van der Waals surface area (Å²) in [6, 6.07) is 5.95. The summed E-state index contributed by atoms with van der Waals surface area (Å²) < 4.78 is 23.4. The van der Waals surface area contributed by atoms with E-state index in [1.165, 1.54) is 44.2 Å². The molecule has 1 fully saturated rings. The summed E-state index contributed by atoms with van der Waals surface area (Å²) in [4.78, 5) is 8.76. The number of primary sulfonamides is 1. The molecule has 1 aromatic carbocycles. The zero-order valence-corrected chi connectivity index (χ0v) is 18.4. The molecule has 10 heteroatoms. The van der Waals surface area contributed by atoms with Crippen LogP contribution in [0.4, 0.5) is 17.5 Å². The normalized spacial score (nSPS) is 16.4. The predicted molar refractivity (Wildman–Crippen MR) is 117 cm³/mol. The molecule has 2 aromatic rings. The smallest absolute Gasteiger partial charge is 0.238 e. The second-order valence-corrected chi connectivity index (χ2v) is 9.76. The van der Waals surface area contributed by atoms with Crippen LogP contribution in [0, 0.1) is 5.92 Å². The zero-order chi connectivity index (χ0) is 20.9. The molecule has 3 rings (SSSR count). The van der Waals surface area contributed by atoms with Gasteiger partial charge < -0.3 is 15.7 Å². The first kappa shape index (κ1) is 21.9. The molecule has 0 bridgehead atoms. The van der Waals surface area contributed by atoms with Gasteiger partial charge in [0.1, 0.15) is 5.82 Å². The van der Waals surface area contributed by atoms with Gasteiger partial charge in [-0.05, 0) is 52.5 Å². The number of nitrogens with zero attached hydrogens (tertiary/aromatic N) is 2. The van der Waals surface area contributed by atoms with Crippen molar-refractivity contribution < 1.29 is 13.5 Å². The number of hydrogen-bond donors (Lipinski definition) is 4. The third-order valence-corrected chi connectivity index (χ3v) is 6.60. The van der Waals surface area contributed by atoms with E-state index in [0.717, 1.165) is 6.42 Å². The van der Waals surface area contributed by atoms with Crippen molar-refractivity contribution in [2.45, 2.75) is 49.5 Å². The molecule has 8 nitrogen and oxygen atoms in total. The Hall–Kier alpha value is -1.75. The number of halogens is 1. The van der Waals surface area contributed by atoms with E-state index in [-0.39, 0.29) is 17.5 Å². The Morgan fingerprint density at radius 3 is 2.52 bits per heavy atom. The number of sulfonamides is 1. The maximum atomic E-state index is 11.4. The molecule has 0 amide bonds. The number of aliphatic hydroxyl groups is 1. The van der Waals surface area contributed by atoms with Gasteiger partial charge in [0, 0.05) is 11.9 Å². The lowest BCUT2D eigenvalue weighted by atomic mass is 9.85. The maximum Gasteiger partial charge on any atom is 0.238 e. The number of anilines is 3.